The molecule has 0 saturated heterocycles. The van der Waals surface area contributed by atoms with E-state index in [9.17, 15) is 0 Å². The fraction of sp³-hybridized carbons (Fsp3) is 0.455. The van der Waals surface area contributed by atoms with Crippen LogP contribution in [0.3, 0.4) is 0 Å². The maximum atomic E-state index is 5.15. The van der Waals surface area contributed by atoms with E-state index in [2.05, 4.69) is 20.2 Å². The quantitative estimate of drug-likeness (QED) is 0.530. The number of H-pyrrole nitrogens is 1. The molecule has 0 aliphatic rings. The van der Waals surface area contributed by atoms with Crippen molar-refractivity contribution in [3.8, 4) is 0 Å². The molecule has 5 nitrogen and oxygen atoms in total. The van der Waals surface area contributed by atoms with Crippen LogP contribution in [-0.2, 0) is 12.3 Å². The lowest BCUT2D eigenvalue weighted by molar-refractivity contribution is 0.715. The zero-order valence-electron chi connectivity index (χ0n) is 10.6. The Labute approximate surface area is 115 Å². The topological polar surface area (TPSA) is 59.4 Å². The van der Waals surface area contributed by atoms with Crippen LogP contribution in [0.15, 0.2) is 11.2 Å². The summed E-state index contributed by atoms with van der Waals surface area (Å²) in [5.74, 6) is 1.64. The molecule has 0 unspecified atom stereocenters. The molecule has 7 heteroatoms. The van der Waals surface area contributed by atoms with Crippen molar-refractivity contribution < 1.29 is 0 Å². The van der Waals surface area contributed by atoms with Gasteiger partial charge in [-0.05, 0) is 39.1 Å². The number of nitrogens with zero attached hydrogens (tertiary/aromatic N) is 4. The third kappa shape index (κ3) is 2.97. The Morgan fingerprint density at radius 2 is 2.00 bits per heavy atom. The summed E-state index contributed by atoms with van der Waals surface area (Å²) in [6.45, 7) is 6.81. The standard InChI is InChI=1S/C11H15N5S2/c1-4-16-9(14-15-11(16)17)6-18-10-12-7(2)5-8(3)13-10/h5H,4,6H2,1-3H3,(H,15,17). The normalized spacial score (nSPS) is 10.8. The molecule has 0 radical (unpaired) electrons. The van der Waals surface area contributed by atoms with E-state index in [1.165, 1.54) is 0 Å². The molecule has 0 bridgehead atoms. The second-order valence-electron chi connectivity index (χ2n) is 3.91. The lowest BCUT2D eigenvalue weighted by atomic mass is 10.4. The Morgan fingerprint density at radius 1 is 1.33 bits per heavy atom. The molecule has 0 amide bonds. The number of nitrogens with one attached hydrogen (secondary N) is 1. The van der Waals surface area contributed by atoms with Crippen molar-refractivity contribution in [2.45, 2.75) is 38.2 Å². The highest BCUT2D eigenvalue weighted by atomic mass is 32.2. The summed E-state index contributed by atoms with van der Waals surface area (Å²) >= 11 is 6.72. The van der Waals surface area contributed by atoms with E-state index in [-0.39, 0.29) is 0 Å². The second-order valence-corrected chi connectivity index (χ2v) is 5.24. The maximum Gasteiger partial charge on any atom is 0.195 e. The Morgan fingerprint density at radius 3 is 2.61 bits per heavy atom. The molecular formula is C11H15N5S2. The van der Waals surface area contributed by atoms with Crippen LogP contribution in [0.1, 0.15) is 24.1 Å². The number of hydrogen-bond donors (Lipinski definition) is 1. The first-order valence-corrected chi connectivity index (χ1v) is 7.08. The Balaban J connectivity index is 2.13. The van der Waals surface area contributed by atoms with E-state index in [0.717, 1.165) is 28.9 Å². The summed E-state index contributed by atoms with van der Waals surface area (Å²) in [6.07, 6.45) is 0. The van der Waals surface area contributed by atoms with Crippen molar-refractivity contribution in [3.63, 3.8) is 0 Å². The highest BCUT2D eigenvalue weighted by molar-refractivity contribution is 7.98. The average molecular weight is 281 g/mol. The molecule has 0 saturated carbocycles. The molecule has 2 aromatic rings. The van der Waals surface area contributed by atoms with E-state index in [0.29, 0.717) is 10.5 Å². The summed E-state index contributed by atoms with van der Waals surface area (Å²) < 4.78 is 2.64. The molecule has 0 fully saturated rings. The van der Waals surface area contributed by atoms with Gasteiger partial charge in [0.1, 0.15) is 5.82 Å². The van der Waals surface area contributed by atoms with Crippen LogP contribution in [0.25, 0.3) is 0 Å². The maximum absolute atomic E-state index is 5.15. The number of aryl methyl sites for hydroxylation is 2. The van der Waals surface area contributed by atoms with Gasteiger partial charge in [0, 0.05) is 17.9 Å². The van der Waals surface area contributed by atoms with E-state index in [4.69, 9.17) is 12.2 Å². The minimum Gasteiger partial charge on any atom is -0.304 e. The molecule has 2 aromatic heterocycles. The Bertz CT molecular complexity index is 581. The van der Waals surface area contributed by atoms with Crippen molar-refractivity contribution in [2.24, 2.45) is 0 Å². The molecule has 18 heavy (non-hydrogen) atoms. The predicted molar refractivity (Wildman–Crippen MR) is 74.2 cm³/mol. The van der Waals surface area contributed by atoms with Crippen LogP contribution in [0.4, 0.5) is 0 Å². The van der Waals surface area contributed by atoms with Gasteiger partial charge >= 0.3 is 0 Å². The van der Waals surface area contributed by atoms with Crippen LogP contribution in [0.2, 0.25) is 0 Å². The lowest BCUT2D eigenvalue weighted by Crippen LogP contribution is -2.01. The van der Waals surface area contributed by atoms with Crippen molar-refractivity contribution in [1.82, 2.24) is 24.7 Å². The summed E-state index contributed by atoms with van der Waals surface area (Å²) in [5.41, 5.74) is 1.97. The molecule has 0 aromatic carbocycles. The minimum atomic E-state index is 0.662. The molecule has 96 valence electrons. The third-order valence-electron chi connectivity index (χ3n) is 2.45. The molecule has 0 spiro atoms. The van der Waals surface area contributed by atoms with Crippen LogP contribution >= 0.6 is 24.0 Å². The molecular weight excluding hydrogens is 266 g/mol. The van der Waals surface area contributed by atoms with Gasteiger partial charge in [-0.3, -0.25) is 5.10 Å². The van der Waals surface area contributed by atoms with Crippen LogP contribution in [0.5, 0.6) is 0 Å². The van der Waals surface area contributed by atoms with Gasteiger partial charge in [0.05, 0.1) is 5.75 Å². The van der Waals surface area contributed by atoms with Crippen LogP contribution in [0, 0.1) is 18.6 Å². The van der Waals surface area contributed by atoms with Gasteiger partial charge in [-0.15, -0.1) is 0 Å². The second kappa shape index (κ2) is 5.62. The number of aromatic nitrogens is 5. The van der Waals surface area contributed by atoms with Gasteiger partial charge in [-0.25, -0.2) is 9.97 Å². The van der Waals surface area contributed by atoms with Crippen molar-refractivity contribution in [2.75, 3.05) is 0 Å². The zero-order chi connectivity index (χ0) is 13.1. The highest BCUT2D eigenvalue weighted by Gasteiger charge is 2.07. The van der Waals surface area contributed by atoms with E-state index >= 15 is 0 Å². The van der Waals surface area contributed by atoms with Crippen LogP contribution in [-0.4, -0.2) is 24.7 Å². The SMILES string of the molecule is CCn1c(CSc2nc(C)cc(C)n2)n[nH]c1=S. The summed E-state index contributed by atoms with van der Waals surface area (Å²) in [7, 11) is 0. The van der Waals surface area contributed by atoms with Gasteiger partial charge in [-0.2, -0.15) is 5.10 Å². The average Bonchev–Trinajstić information content (AvgIpc) is 2.66. The molecule has 2 rings (SSSR count). The van der Waals surface area contributed by atoms with Gasteiger partial charge < -0.3 is 4.57 Å². The summed E-state index contributed by atoms with van der Waals surface area (Å²) in [6, 6.07) is 1.96. The van der Waals surface area contributed by atoms with Crippen molar-refractivity contribution in [3.05, 3.63) is 28.0 Å². The van der Waals surface area contributed by atoms with Crippen LogP contribution < -0.4 is 0 Å². The van der Waals surface area contributed by atoms with Crippen molar-refractivity contribution in [1.29, 1.82) is 0 Å². The molecule has 0 aliphatic carbocycles. The summed E-state index contributed by atoms with van der Waals surface area (Å²) in [4.78, 5) is 8.78. The smallest absolute Gasteiger partial charge is 0.195 e. The lowest BCUT2D eigenvalue weighted by Gasteiger charge is -2.04. The Hall–Kier alpha value is -1.21. The van der Waals surface area contributed by atoms with Gasteiger partial charge in [-0.1, -0.05) is 11.8 Å². The molecule has 0 atom stereocenters. The van der Waals surface area contributed by atoms with Gasteiger partial charge in [0.15, 0.2) is 9.93 Å². The fourth-order valence-electron chi connectivity index (χ4n) is 1.67. The fourth-order valence-corrected chi connectivity index (χ4v) is 2.85. The molecule has 2 heterocycles. The monoisotopic (exact) mass is 281 g/mol. The first kappa shape index (κ1) is 13.2. The number of rotatable bonds is 4. The third-order valence-corrected chi connectivity index (χ3v) is 3.60. The molecule has 1 N–H and O–H groups in total. The first-order chi connectivity index (χ1) is 8.60. The van der Waals surface area contributed by atoms with Gasteiger partial charge in [0.25, 0.3) is 0 Å². The molecule has 0 aliphatic heterocycles. The first-order valence-electron chi connectivity index (χ1n) is 5.69. The zero-order valence-corrected chi connectivity index (χ0v) is 12.2. The van der Waals surface area contributed by atoms with E-state index in [1.54, 1.807) is 11.8 Å². The Kier molecular flexibility index (Phi) is 4.13. The predicted octanol–water partition coefficient (Wildman–Crippen LogP) is 2.66. The van der Waals surface area contributed by atoms with E-state index in [1.807, 2.05) is 31.4 Å². The summed E-state index contributed by atoms with van der Waals surface area (Å²) in [5, 5.41) is 7.81. The number of hydrogen-bond acceptors (Lipinski definition) is 5. The van der Waals surface area contributed by atoms with E-state index < -0.39 is 0 Å². The van der Waals surface area contributed by atoms with Gasteiger partial charge in [0.2, 0.25) is 0 Å². The number of aromatic amines is 1. The largest absolute Gasteiger partial charge is 0.304 e. The minimum absolute atomic E-state index is 0.662. The number of thioether (sulfide) groups is 1. The highest BCUT2D eigenvalue weighted by Crippen LogP contribution is 2.18. The van der Waals surface area contributed by atoms with Crippen molar-refractivity contribution >= 4 is 24.0 Å².